The second-order valence-electron chi connectivity index (χ2n) is 5.97. The van der Waals surface area contributed by atoms with Crippen molar-refractivity contribution in [3.63, 3.8) is 0 Å². The van der Waals surface area contributed by atoms with E-state index in [1.165, 1.54) is 17.2 Å². The fraction of sp³-hybridized carbons (Fsp3) is 0.211. The standard InChI is InChI=1S/C19H15ClFNO/c20-16-9-12(6-8-17(16)21)15-10-18(22)23-19-13-4-2-1-3-11(13)5-7-14(15)19/h1-4,6,8-9,15,22H,5,7,10H2. The smallest absolute Gasteiger partial charge is 0.188 e. The molecule has 2 aromatic carbocycles. The van der Waals surface area contributed by atoms with Gasteiger partial charge in [-0.2, -0.15) is 0 Å². The Kier molecular flexibility index (Phi) is 3.46. The highest BCUT2D eigenvalue weighted by molar-refractivity contribution is 6.30. The summed E-state index contributed by atoms with van der Waals surface area (Å²) in [5.74, 6) is 0.651. The number of aryl methyl sites for hydroxylation is 1. The molecular formula is C19H15ClFNO. The molecule has 2 aromatic rings. The van der Waals surface area contributed by atoms with E-state index in [2.05, 4.69) is 6.07 Å². The van der Waals surface area contributed by atoms with Gasteiger partial charge in [-0.05, 0) is 41.7 Å². The van der Waals surface area contributed by atoms with Crippen LogP contribution in [0.2, 0.25) is 5.02 Å². The van der Waals surface area contributed by atoms with E-state index in [9.17, 15) is 4.39 Å². The van der Waals surface area contributed by atoms with Gasteiger partial charge in [-0.3, -0.25) is 5.41 Å². The maximum absolute atomic E-state index is 13.5. The largest absolute Gasteiger partial charge is 0.443 e. The first-order valence-electron chi connectivity index (χ1n) is 7.65. The SMILES string of the molecule is N=C1CC(c2ccc(F)c(Cl)c2)C2=C(O1)c1ccccc1CC2. The molecule has 0 amide bonds. The number of allylic oxidation sites excluding steroid dienone is 1. The molecule has 4 heteroatoms. The summed E-state index contributed by atoms with van der Waals surface area (Å²) in [6.45, 7) is 0. The zero-order valence-electron chi connectivity index (χ0n) is 12.4. The number of hydrogen-bond donors (Lipinski definition) is 1. The number of hydrogen-bond acceptors (Lipinski definition) is 2. The number of fused-ring (bicyclic) bond motifs is 2. The molecule has 0 saturated carbocycles. The lowest BCUT2D eigenvalue weighted by atomic mass is 9.78. The van der Waals surface area contributed by atoms with Crippen molar-refractivity contribution in [2.24, 2.45) is 0 Å². The fourth-order valence-corrected chi connectivity index (χ4v) is 3.68. The Balaban J connectivity index is 1.85. The van der Waals surface area contributed by atoms with Gasteiger partial charge < -0.3 is 4.74 Å². The van der Waals surface area contributed by atoms with Crippen LogP contribution < -0.4 is 0 Å². The molecule has 1 heterocycles. The quantitative estimate of drug-likeness (QED) is 0.755. The number of benzene rings is 2. The lowest BCUT2D eigenvalue weighted by molar-refractivity contribution is 0.438. The van der Waals surface area contributed by atoms with Crippen molar-refractivity contribution >= 4 is 23.3 Å². The molecule has 1 unspecified atom stereocenters. The maximum atomic E-state index is 13.5. The first-order valence-corrected chi connectivity index (χ1v) is 8.03. The Morgan fingerprint density at radius 2 is 1.96 bits per heavy atom. The third-order valence-electron chi connectivity index (χ3n) is 4.60. The van der Waals surface area contributed by atoms with E-state index in [4.69, 9.17) is 21.7 Å². The molecule has 1 atom stereocenters. The first kappa shape index (κ1) is 14.5. The molecular weight excluding hydrogens is 313 g/mol. The van der Waals surface area contributed by atoms with Gasteiger partial charge in [0.2, 0.25) is 0 Å². The molecule has 0 spiro atoms. The maximum Gasteiger partial charge on any atom is 0.188 e. The second-order valence-corrected chi connectivity index (χ2v) is 6.37. The van der Waals surface area contributed by atoms with Crippen LogP contribution in [0.3, 0.4) is 0 Å². The van der Waals surface area contributed by atoms with Crippen LogP contribution >= 0.6 is 11.6 Å². The third-order valence-corrected chi connectivity index (χ3v) is 4.89. The summed E-state index contributed by atoms with van der Waals surface area (Å²) < 4.78 is 19.2. The Hall–Kier alpha value is -2.13. The first-order chi connectivity index (χ1) is 11.1. The van der Waals surface area contributed by atoms with Crippen molar-refractivity contribution < 1.29 is 9.13 Å². The monoisotopic (exact) mass is 327 g/mol. The summed E-state index contributed by atoms with van der Waals surface area (Å²) in [7, 11) is 0. The number of halogens is 2. The number of rotatable bonds is 1. The summed E-state index contributed by atoms with van der Waals surface area (Å²) in [5.41, 5.74) is 4.44. The van der Waals surface area contributed by atoms with E-state index in [1.807, 2.05) is 18.2 Å². The van der Waals surface area contributed by atoms with Crippen LogP contribution in [0, 0.1) is 11.2 Å². The molecule has 0 radical (unpaired) electrons. The summed E-state index contributed by atoms with van der Waals surface area (Å²) in [5, 5.41) is 8.19. The van der Waals surface area contributed by atoms with Crippen molar-refractivity contribution in [1.29, 1.82) is 5.41 Å². The second kappa shape index (κ2) is 5.50. The predicted octanol–water partition coefficient (Wildman–Crippen LogP) is 5.32. The average Bonchev–Trinajstić information content (AvgIpc) is 2.56. The molecule has 1 aliphatic carbocycles. The topological polar surface area (TPSA) is 33.1 Å². The van der Waals surface area contributed by atoms with Gasteiger partial charge in [0.25, 0.3) is 0 Å². The number of ether oxygens (including phenoxy) is 1. The highest BCUT2D eigenvalue weighted by Gasteiger charge is 2.33. The zero-order valence-corrected chi connectivity index (χ0v) is 13.2. The van der Waals surface area contributed by atoms with Gasteiger partial charge in [-0.15, -0.1) is 0 Å². The summed E-state index contributed by atoms with van der Waals surface area (Å²) in [6, 6.07) is 13.0. The van der Waals surface area contributed by atoms with Gasteiger partial charge in [0, 0.05) is 17.9 Å². The van der Waals surface area contributed by atoms with E-state index in [-0.39, 0.29) is 16.8 Å². The normalized spacial score (nSPS) is 19.9. The van der Waals surface area contributed by atoms with Crippen LogP contribution in [0.1, 0.15) is 35.4 Å². The fourth-order valence-electron chi connectivity index (χ4n) is 3.49. The average molecular weight is 328 g/mol. The predicted molar refractivity (Wildman–Crippen MR) is 89.3 cm³/mol. The van der Waals surface area contributed by atoms with Crippen LogP contribution in [0.15, 0.2) is 48.0 Å². The van der Waals surface area contributed by atoms with Gasteiger partial charge in [-0.1, -0.05) is 41.9 Å². The van der Waals surface area contributed by atoms with E-state index < -0.39 is 5.82 Å². The molecule has 4 rings (SSSR count). The Morgan fingerprint density at radius 3 is 2.78 bits per heavy atom. The van der Waals surface area contributed by atoms with Crippen LogP contribution in [0.4, 0.5) is 4.39 Å². The van der Waals surface area contributed by atoms with Crippen LogP contribution in [-0.4, -0.2) is 5.90 Å². The molecule has 0 aromatic heterocycles. The van der Waals surface area contributed by atoms with E-state index in [0.717, 1.165) is 29.7 Å². The van der Waals surface area contributed by atoms with Crippen molar-refractivity contribution in [3.05, 3.63) is 75.6 Å². The van der Waals surface area contributed by atoms with Gasteiger partial charge in [-0.25, -0.2) is 4.39 Å². The highest BCUT2D eigenvalue weighted by Crippen LogP contribution is 2.45. The highest BCUT2D eigenvalue weighted by atomic mass is 35.5. The minimum atomic E-state index is -0.416. The Bertz CT molecular complexity index is 843. The van der Waals surface area contributed by atoms with Gasteiger partial charge in [0.1, 0.15) is 11.6 Å². The Morgan fingerprint density at radius 1 is 1.13 bits per heavy atom. The minimum absolute atomic E-state index is 0.0257. The van der Waals surface area contributed by atoms with E-state index >= 15 is 0 Å². The molecule has 0 saturated heterocycles. The van der Waals surface area contributed by atoms with Gasteiger partial charge >= 0.3 is 0 Å². The van der Waals surface area contributed by atoms with Crippen LogP contribution in [0.25, 0.3) is 5.76 Å². The lowest BCUT2D eigenvalue weighted by Crippen LogP contribution is -2.23. The molecule has 23 heavy (non-hydrogen) atoms. The summed E-state index contributed by atoms with van der Waals surface area (Å²) in [6.07, 6.45) is 2.33. The molecule has 1 N–H and O–H groups in total. The minimum Gasteiger partial charge on any atom is -0.443 e. The van der Waals surface area contributed by atoms with Crippen LogP contribution in [0.5, 0.6) is 0 Å². The van der Waals surface area contributed by atoms with Gasteiger partial charge in [0.15, 0.2) is 5.90 Å². The summed E-state index contributed by atoms with van der Waals surface area (Å²) >= 11 is 5.95. The molecule has 2 nitrogen and oxygen atoms in total. The molecule has 0 bridgehead atoms. The third kappa shape index (κ3) is 2.45. The zero-order chi connectivity index (χ0) is 16.0. The molecule has 116 valence electrons. The molecule has 0 fully saturated rings. The lowest BCUT2D eigenvalue weighted by Gasteiger charge is -2.33. The Labute approximate surface area is 139 Å². The van der Waals surface area contributed by atoms with Crippen molar-refractivity contribution in [2.45, 2.75) is 25.2 Å². The van der Waals surface area contributed by atoms with Crippen molar-refractivity contribution in [3.8, 4) is 0 Å². The van der Waals surface area contributed by atoms with Crippen molar-refractivity contribution in [1.82, 2.24) is 0 Å². The molecule has 1 aliphatic heterocycles. The molecule has 2 aliphatic rings. The van der Waals surface area contributed by atoms with Crippen molar-refractivity contribution in [2.75, 3.05) is 0 Å². The van der Waals surface area contributed by atoms with Crippen LogP contribution in [-0.2, 0) is 11.2 Å². The van der Waals surface area contributed by atoms with E-state index in [0.29, 0.717) is 6.42 Å². The number of nitrogens with one attached hydrogen (secondary N) is 1. The summed E-state index contributed by atoms with van der Waals surface area (Å²) in [4.78, 5) is 0. The van der Waals surface area contributed by atoms with Gasteiger partial charge in [0.05, 0.1) is 5.02 Å². The van der Waals surface area contributed by atoms with E-state index in [1.54, 1.807) is 12.1 Å².